The van der Waals surface area contributed by atoms with Crippen LogP contribution in [0.2, 0.25) is 0 Å². The van der Waals surface area contributed by atoms with Gasteiger partial charge in [-0.25, -0.2) is 4.98 Å². The minimum Gasteiger partial charge on any atom is -0.298 e. The normalized spacial score (nSPS) is 10.5. The number of hydrogen-bond acceptors (Lipinski definition) is 6. The highest BCUT2D eigenvalue weighted by molar-refractivity contribution is 7.98. The monoisotopic (exact) mass is 385 g/mol. The summed E-state index contributed by atoms with van der Waals surface area (Å²) in [5.41, 5.74) is 1.97. The van der Waals surface area contributed by atoms with Gasteiger partial charge in [-0.3, -0.25) is 20.2 Å². The Balaban J connectivity index is 1.82. The lowest BCUT2D eigenvalue weighted by atomic mass is 10.1. The number of anilines is 1. The molecule has 0 saturated carbocycles. The van der Waals surface area contributed by atoms with E-state index in [-0.39, 0.29) is 11.3 Å². The number of aryl methyl sites for hydroxylation is 1. The quantitative estimate of drug-likeness (QED) is 0.379. The minimum atomic E-state index is -0.543. The van der Waals surface area contributed by atoms with Crippen molar-refractivity contribution in [1.82, 2.24) is 4.98 Å². The summed E-state index contributed by atoms with van der Waals surface area (Å²) in [6.07, 6.45) is 2.01. The molecule has 0 saturated heterocycles. The Morgan fingerprint density at radius 2 is 1.96 bits per heavy atom. The zero-order chi connectivity index (χ0) is 18.7. The number of carbonyl (C=O) groups is 1. The smallest absolute Gasteiger partial charge is 0.285 e. The van der Waals surface area contributed by atoms with Crippen LogP contribution in [0, 0.1) is 17.0 Å². The molecule has 26 heavy (non-hydrogen) atoms. The van der Waals surface area contributed by atoms with Crippen molar-refractivity contribution in [1.29, 1.82) is 0 Å². The SMILES string of the molecule is CSc1ccc(-c2csc(NC(=O)c3cccc(C)c3[N+](=O)[O-])n2)cc1. The fraction of sp³-hybridized carbons (Fsp3) is 0.111. The number of hydrogen-bond donors (Lipinski definition) is 1. The first-order valence-corrected chi connectivity index (χ1v) is 9.75. The summed E-state index contributed by atoms with van der Waals surface area (Å²) in [7, 11) is 0. The first kappa shape index (κ1) is 18.1. The van der Waals surface area contributed by atoms with Crippen LogP contribution in [0.4, 0.5) is 10.8 Å². The molecule has 1 aromatic heterocycles. The van der Waals surface area contributed by atoms with E-state index >= 15 is 0 Å². The van der Waals surface area contributed by atoms with Crippen LogP contribution in [-0.2, 0) is 0 Å². The number of nitro groups is 1. The molecule has 0 fully saturated rings. The summed E-state index contributed by atoms with van der Waals surface area (Å²) in [5, 5.41) is 16.1. The molecule has 132 valence electrons. The maximum Gasteiger partial charge on any atom is 0.285 e. The van der Waals surface area contributed by atoms with Crippen LogP contribution in [0.5, 0.6) is 0 Å². The Hall–Kier alpha value is -2.71. The predicted molar refractivity (Wildman–Crippen MR) is 105 cm³/mol. The first-order valence-electron chi connectivity index (χ1n) is 7.65. The Labute approximate surface area is 158 Å². The molecule has 0 aliphatic carbocycles. The molecule has 3 aromatic rings. The van der Waals surface area contributed by atoms with Gasteiger partial charge in [-0.15, -0.1) is 23.1 Å². The van der Waals surface area contributed by atoms with Crippen LogP contribution in [-0.4, -0.2) is 22.1 Å². The maximum absolute atomic E-state index is 12.5. The van der Waals surface area contributed by atoms with Gasteiger partial charge in [-0.05, 0) is 31.4 Å². The van der Waals surface area contributed by atoms with Crippen LogP contribution in [0.1, 0.15) is 15.9 Å². The largest absolute Gasteiger partial charge is 0.298 e. The predicted octanol–water partition coefficient (Wildman–Crippen LogP) is 5.00. The second kappa shape index (κ2) is 7.67. The van der Waals surface area contributed by atoms with Gasteiger partial charge < -0.3 is 0 Å². The zero-order valence-corrected chi connectivity index (χ0v) is 15.7. The Kier molecular flexibility index (Phi) is 5.34. The molecule has 1 heterocycles. The zero-order valence-electron chi connectivity index (χ0n) is 14.1. The van der Waals surface area contributed by atoms with E-state index < -0.39 is 10.8 Å². The Morgan fingerprint density at radius 1 is 1.23 bits per heavy atom. The number of nitro benzene ring substituents is 1. The molecule has 1 amide bonds. The topological polar surface area (TPSA) is 85.1 Å². The lowest BCUT2D eigenvalue weighted by Gasteiger charge is -2.05. The number of aromatic nitrogens is 1. The van der Waals surface area contributed by atoms with Crippen molar-refractivity contribution in [3.8, 4) is 11.3 Å². The molecule has 0 atom stereocenters. The number of benzene rings is 2. The Bertz CT molecular complexity index is 968. The van der Waals surface area contributed by atoms with Gasteiger partial charge in [0.05, 0.1) is 10.6 Å². The molecule has 0 bridgehead atoms. The third-order valence-electron chi connectivity index (χ3n) is 3.78. The second-order valence-corrected chi connectivity index (χ2v) is 7.19. The average molecular weight is 385 g/mol. The van der Waals surface area contributed by atoms with E-state index in [2.05, 4.69) is 10.3 Å². The van der Waals surface area contributed by atoms with Crippen molar-refractivity contribution >= 4 is 39.8 Å². The Morgan fingerprint density at radius 3 is 2.62 bits per heavy atom. The third-order valence-corrected chi connectivity index (χ3v) is 5.28. The standard InChI is InChI=1S/C18H15N3O3S2/c1-11-4-3-5-14(16(11)21(23)24)17(22)20-18-19-15(10-26-18)12-6-8-13(25-2)9-7-12/h3-10H,1-2H3,(H,19,20,22). The molecular formula is C18H15N3O3S2. The van der Waals surface area contributed by atoms with Crippen molar-refractivity contribution in [2.75, 3.05) is 11.6 Å². The fourth-order valence-electron chi connectivity index (χ4n) is 2.47. The van der Waals surface area contributed by atoms with Crippen LogP contribution in [0.3, 0.4) is 0 Å². The summed E-state index contributed by atoms with van der Waals surface area (Å²) >= 11 is 2.94. The van der Waals surface area contributed by atoms with E-state index in [1.807, 2.05) is 35.9 Å². The highest BCUT2D eigenvalue weighted by Crippen LogP contribution is 2.28. The molecule has 3 rings (SSSR count). The van der Waals surface area contributed by atoms with Gasteiger partial charge in [0, 0.05) is 21.4 Å². The molecule has 0 spiro atoms. The molecule has 6 nitrogen and oxygen atoms in total. The van der Waals surface area contributed by atoms with Gasteiger partial charge in [0.1, 0.15) is 5.56 Å². The average Bonchev–Trinajstić information content (AvgIpc) is 3.09. The van der Waals surface area contributed by atoms with Crippen molar-refractivity contribution in [2.24, 2.45) is 0 Å². The van der Waals surface area contributed by atoms with E-state index in [0.29, 0.717) is 10.7 Å². The van der Waals surface area contributed by atoms with Crippen LogP contribution in [0.25, 0.3) is 11.3 Å². The first-order chi connectivity index (χ1) is 12.5. The number of para-hydroxylation sites is 1. The van der Waals surface area contributed by atoms with E-state index in [1.54, 1.807) is 30.8 Å². The van der Waals surface area contributed by atoms with Crippen molar-refractivity contribution in [3.63, 3.8) is 0 Å². The summed E-state index contributed by atoms with van der Waals surface area (Å²) in [5.74, 6) is -0.543. The number of nitrogens with one attached hydrogen (secondary N) is 1. The number of carbonyl (C=O) groups excluding carboxylic acids is 1. The number of nitrogens with zero attached hydrogens (tertiary/aromatic N) is 2. The molecule has 2 aromatic carbocycles. The fourth-order valence-corrected chi connectivity index (χ4v) is 3.60. The molecule has 0 radical (unpaired) electrons. The maximum atomic E-state index is 12.5. The van der Waals surface area contributed by atoms with Gasteiger partial charge >= 0.3 is 0 Å². The van der Waals surface area contributed by atoms with Gasteiger partial charge in [0.15, 0.2) is 5.13 Å². The lowest BCUT2D eigenvalue weighted by Crippen LogP contribution is -2.14. The summed E-state index contributed by atoms with van der Waals surface area (Å²) in [6, 6.07) is 12.6. The molecule has 1 N–H and O–H groups in total. The number of thioether (sulfide) groups is 1. The molecular weight excluding hydrogens is 370 g/mol. The van der Waals surface area contributed by atoms with Crippen LogP contribution < -0.4 is 5.32 Å². The van der Waals surface area contributed by atoms with Crippen molar-refractivity contribution in [3.05, 3.63) is 69.1 Å². The van der Waals surface area contributed by atoms with E-state index in [4.69, 9.17) is 0 Å². The molecule has 0 aliphatic heterocycles. The number of thiazole rings is 1. The second-order valence-electron chi connectivity index (χ2n) is 5.45. The highest BCUT2D eigenvalue weighted by atomic mass is 32.2. The number of amides is 1. The summed E-state index contributed by atoms with van der Waals surface area (Å²) < 4.78 is 0. The van der Waals surface area contributed by atoms with Gasteiger partial charge in [0.25, 0.3) is 11.6 Å². The lowest BCUT2D eigenvalue weighted by molar-refractivity contribution is -0.385. The van der Waals surface area contributed by atoms with Crippen molar-refractivity contribution in [2.45, 2.75) is 11.8 Å². The van der Waals surface area contributed by atoms with Gasteiger partial charge in [-0.1, -0.05) is 24.3 Å². The molecule has 0 unspecified atom stereocenters. The molecule has 0 aliphatic rings. The summed E-state index contributed by atoms with van der Waals surface area (Å²) in [6.45, 7) is 1.61. The molecule has 8 heteroatoms. The summed E-state index contributed by atoms with van der Waals surface area (Å²) in [4.78, 5) is 28.7. The third kappa shape index (κ3) is 3.76. The highest BCUT2D eigenvalue weighted by Gasteiger charge is 2.23. The van der Waals surface area contributed by atoms with E-state index in [9.17, 15) is 14.9 Å². The van der Waals surface area contributed by atoms with E-state index in [1.165, 1.54) is 17.4 Å². The van der Waals surface area contributed by atoms with Gasteiger partial charge in [0.2, 0.25) is 0 Å². The van der Waals surface area contributed by atoms with Crippen LogP contribution >= 0.6 is 23.1 Å². The van der Waals surface area contributed by atoms with Crippen molar-refractivity contribution < 1.29 is 9.72 Å². The minimum absolute atomic E-state index is 0.0241. The number of rotatable bonds is 5. The van der Waals surface area contributed by atoms with E-state index in [0.717, 1.165) is 16.2 Å². The van der Waals surface area contributed by atoms with Crippen LogP contribution in [0.15, 0.2) is 52.7 Å². The van der Waals surface area contributed by atoms with Gasteiger partial charge in [-0.2, -0.15) is 0 Å².